The second-order valence-corrected chi connectivity index (χ2v) is 9.06. The lowest BCUT2D eigenvalue weighted by Gasteiger charge is -2.19. The predicted octanol–water partition coefficient (Wildman–Crippen LogP) is 3.96. The minimum atomic E-state index is -0.415. The molecule has 0 spiro atoms. The molecule has 0 saturated carbocycles. The van der Waals surface area contributed by atoms with Gasteiger partial charge in [0.15, 0.2) is 0 Å². The molecule has 2 aromatic rings. The Labute approximate surface area is 160 Å². The number of rotatable bonds is 7. The molecule has 138 valence electrons. The lowest BCUT2D eigenvalue weighted by molar-refractivity contribution is -0.154. The summed E-state index contributed by atoms with van der Waals surface area (Å²) in [5.41, 5.74) is -0.389. The van der Waals surface area contributed by atoms with Crippen LogP contribution in [-0.2, 0) is 23.1 Å². The maximum absolute atomic E-state index is 12.2. The Morgan fingerprint density at radius 2 is 2.08 bits per heavy atom. The van der Waals surface area contributed by atoms with Crippen LogP contribution in [0.15, 0.2) is 21.5 Å². The first kappa shape index (κ1) is 20.1. The van der Waals surface area contributed by atoms with E-state index in [0.29, 0.717) is 6.42 Å². The van der Waals surface area contributed by atoms with Gasteiger partial charge in [-0.3, -0.25) is 9.59 Å². The van der Waals surface area contributed by atoms with Gasteiger partial charge >= 0.3 is 5.97 Å². The first-order valence-corrected chi connectivity index (χ1v) is 9.98. The number of nitrogens with one attached hydrogen (secondary N) is 1. The molecule has 2 heterocycles. The molecule has 1 N–H and O–H groups in total. The van der Waals surface area contributed by atoms with Crippen LogP contribution in [0.5, 0.6) is 0 Å². The van der Waals surface area contributed by atoms with Crippen LogP contribution in [0.3, 0.4) is 0 Å². The van der Waals surface area contributed by atoms with E-state index >= 15 is 0 Å². The number of hydrogen-bond acceptors (Lipinski definition) is 5. The van der Waals surface area contributed by atoms with Crippen molar-refractivity contribution in [1.29, 1.82) is 0 Å². The van der Waals surface area contributed by atoms with Crippen LogP contribution in [0.4, 0.5) is 0 Å². The first-order valence-electron chi connectivity index (χ1n) is 8.37. The molecule has 0 bridgehead atoms. The Morgan fingerprint density at radius 1 is 1.36 bits per heavy atom. The SMILES string of the molecule is Cn1cc(Br)c2sc(CNCCCCC(=O)OC(C)(C)C)cc2c1=O. The summed E-state index contributed by atoms with van der Waals surface area (Å²) >= 11 is 5.14. The normalized spacial score (nSPS) is 11.9. The van der Waals surface area contributed by atoms with E-state index in [1.165, 1.54) is 0 Å². The number of carbonyl (C=O) groups excluding carboxylic acids is 1. The second-order valence-electron chi connectivity index (χ2n) is 7.07. The quantitative estimate of drug-likeness (QED) is 0.535. The highest BCUT2D eigenvalue weighted by atomic mass is 79.9. The van der Waals surface area contributed by atoms with E-state index in [-0.39, 0.29) is 11.5 Å². The molecule has 0 amide bonds. The van der Waals surface area contributed by atoms with Gasteiger partial charge in [0.1, 0.15) is 5.60 Å². The van der Waals surface area contributed by atoms with Crippen molar-refractivity contribution in [2.45, 2.75) is 52.2 Å². The highest BCUT2D eigenvalue weighted by Crippen LogP contribution is 2.29. The van der Waals surface area contributed by atoms with Crippen molar-refractivity contribution in [2.24, 2.45) is 7.05 Å². The van der Waals surface area contributed by atoms with Crippen LogP contribution < -0.4 is 10.9 Å². The van der Waals surface area contributed by atoms with Gasteiger partial charge in [-0.2, -0.15) is 0 Å². The molecule has 0 atom stereocenters. The lowest BCUT2D eigenvalue weighted by Crippen LogP contribution is -2.23. The summed E-state index contributed by atoms with van der Waals surface area (Å²) in [5.74, 6) is -0.141. The number of nitrogens with zero attached hydrogens (tertiary/aromatic N) is 1. The smallest absolute Gasteiger partial charge is 0.306 e. The number of unbranched alkanes of at least 4 members (excludes halogenated alkanes) is 1. The monoisotopic (exact) mass is 428 g/mol. The van der Waals surface area contributed by atoms with Gasteiger partial charge in [-0.1, -0.05) is 0 Å². The summed E-state index contributed by atoms with van der Waals surface area (Å²) in [5, 5.41) is 4.13. The number of halogens is 1. The zero-order chi connectivity index (χ0) is 18.6. The number of aryl methyl sites for hydroxylation is 1. The molecule has 0 fully saturated rings. The topological polar surface area (TPSA) is 60.3 Å². The molecule has 0 aliphatic carbocycles. The van der Waals surface area contributed by atoms with Crippen molar-refractivity contribution in [2.75, 3.05) is 6.54 Å². The van der Waals surface area contributed by atoms with Gasteiger partial charge in [-0.25, -0.2) is 0 Å². The third-order valence-corrected chi connectivity index (χ3v) is 5.59. The fourth-order valence-corrected chi connectivity index (χ4v) is 4.25. The Bertz CT molecular complexity index is 805. The van der Waals surface area contributed by atoms with Crippen LogP contribution in [0.2, 0.25) is 0 Å². The molecule has 0 unspecified atom stereocenters. The maximum Gasteiger partial charge on any atom is 0.306 e. The highest BCUT2D eigenvalue weighted by molar-refractivity contribution is 9.10. The zero-order valence-electron chi connectivity index (χ0n) is 15.1. The summed E-state index contributed by atoms with van der Waals surface area (Å²) in [4.78, 5) is 24.9. The van der Waals surface area contributed by atoms with Crippen LogP contribution in [0.1, 0.15) is 44.9 Å². The van der Waals surface area contributed by atoms with Gasteiger partial charge in [0, 0.05) is 31.1 Å². The van der Waals surface area contributed by atoms with E-state index in [4.69, 9.17) is 4.74 Å². The molecule has 0 aliphatic rings. The molecule has 0 radical (unpaired) electrons. The Kier molecular flexibility index (Phi) is 6.82. The van der Waals surface area contributed by atoms with Crippen molar-refractivity contribution in [3.8, 4) is 0 Å². The highest BCUT2D eigenvalue weighted by Gasteiger charge is 2.15. The summed E-state index contributed by atoms with van der Waals surface area (Å²) in [6.07, 6.45) is 3.97. The average Bonchev–Trinajstić information content (AvgIpc) is 2.91. The molecular formula is C18H25BrN2O3S. The van der Waals surface area contributed by atoms with Crippen molar-refractivity contribution in [3.63, 3.8) is 0 Å². The van der Waals surface area contributed by atoms with Gasteiger partial charge in [0.25, 0.3) is 5.56 Å². The molecule has 0 aliphatic heterocycles. The molecule has 7 heteroatoms. The van der Waals surface area contributed by atoms with Gasteiger partial charge < -0.3 is 14.6 Å². The summed E-state index contributed by atoms with van der Waals surface area (Å²) in [6, 6.07) is 1.96. The van der Waals surface area contributed by atoms with Crippen molar-refractivity contribution < 1.29 is 9.53 Å². The molecule has 2 rings (SSSR count). The largest absolute Gasteiger partial charge is 0.460 e. The van der Waals surface area contributed by atoms with Crippen LogP contribution >= 0.6 is 27.3 Å². The van der Waals surface area contributed by atoms with Crippen LogP contribution in [0.25, 0.3) is 10.1 Å². The number of aromatic nitrogens is 1. The molecular weight excluding hydrogens is 404 g/mol. The maximum atomic E-state index is 12.2. The van der Waals surface area contributed by atoms with Gasteiger partial charge in [0.2, 0.25) is 0 Å². The summed E-state index contributed by atoms with van der Waals surface area (Å²) < 4.78 is 8.81. The Balaban J connectivity index is 1.77. The molecule has 2 aromatic heterocycles. The number of thiophene rings is 1. The van der Waals surface area contributed by atoms with E-state index in [2.05, 4.69) is 21.2 Å². The Hall–Kier alpha value is -1.18. The lowest BCUT2D eigenvalue weighted by atomic mass is 10.2. The minimum absolute atomic E-state index is 0.0260. The van der Waals surface area contributed by atoms with Gasteiger partial charge in [-0.05, 0) is 62.2 Å². The minimum Gasteiger partial charge on any atom is -0.460 e. The standard InChI is InChI=1S/C18H25BrN2O3S/c1-18(2,3)24-15(22)7-5-6-8-20-10-12-9-13-16(25-12)14(19)11-21(4)17(13)23/h9,11,20H,5-8,10H2,1-4H3. The van der Waals surface area contributed by atoms with E-state index in [9.17, 15) is 9.59 Å². The first-order chi connectivity index (χ1) is 11.7. The van der Waals surface area contributed by atoms with E-state index in [1.807, 2.05) is 26.8 Å². The molecule has 25 heavy (non-hydrogen) atoms. The Morgan fingerprint density at radius 3 is 2.76 bits per heavy atom. The van der Waals surface area contributed by atoms with E-state index < -0.39 is 5.60 Å². The number of hydrogen-bond donors (Lipinski definition) is 1. The third-order valence-electron chi connectivity index (χ3n) is 3.56. The molecule has 0 saturated heterocycles. The van der Waals surface area contributed by atoms with Crippen molar-refractivity contribution >= 4 is 43.3 Å². The van der Waals surface area contributed by atoms with Gasteiger partial charge in [-0.15, -0.1) is 11.3 Å². The van der Waals surface area contributed by atoms with Gasteiger partial charge in [0.05, 0.1) is 14.6 Å². The molecule has 0 aromatic carbocycles. The fraction of sp³-hybridized carbons (Fsp3) is 0.556. The number of fused-ring (bicyclic) bond motifs is 1. The van der Waals surface area contributed by atoms with E-state index in [0.717, 1.165) is 45.4 Å². The summed E-state index contributed by atoms with van der Waals surface area (Å²) in [6.45, 7) is 7.19. The zero-order valence-corrected chi connectivity index (χ0v) is 17.6. The molecule has 5 nitrogen and oxygen atoms in total. The van der Waals surface area contributed by atoms with Crippen LogP contribution in [-0.4, -0.2) is 22.7 Å². The number of carbonyl (C=O) groups is 1. The number of ether oxygens (including phenoxy) is 1. The predicted molar refractivity (Wildman–Crippen MR) is 106 cm³/mol. The van der Waals surface area contributed by atoms with Crippen molar-refractivity contribution in [1.82, 2.24) is 9.88 Å². The third kappa shape index (κ3) is 5.94. The summed E-state index contributed by atoms with van der Waals surface area (Å²) in [7, 11) is 1.76. The van der Waals surface area contributed by atoms with Crippen LogP contribution in [0, 0.1) is 0 Å². The average molecular weight is 429 g/mol. The van der Waals surface area contributed by atoms with Crippen molar-refractivity contribution in [3.05, 3.63) is 32.0 Å². The fourth-order valence-electron chi connectivity index (χ4n) is 2.47. The van der Waals surface area contributed by atoms with E-state index in [1.54, 1.807) is 29.1 Å². The number of esters is 1. The second kappa shape index (κ2) is 8.47. The number of pyridine rings is 1.